The highest BCUT2D eigenvalue weighted by Crippen LogP contribution is 2.20. The van der Waals surface area contributed by atoms with Crippen molar-refractivity contribution in [1.82, 2.24) is 19.9 Å². The molecule has 0 unspecified atom stereocenters. The zero-order valence-electron chi connectivity index (χ0n) is 18.2. The fourth-order valence-electron chi connectivity index (χ4n) is 3.77. The SMILES string of the molecule is CC(C)Cc1nc(-c2ccc(CN3CCN(C(=O)c4cccc(F)c4F)CC3)cc2)no1. The summed E-state index contributed by atoms with van der Waals surface area (Å²) in [5.74, 6) is -0.876. The van der Waals surface area contributed by atoms with Crippen LogP contribution in [0.3, 0.4) is 0 Å². The standard InChI is InChI=1S/C24H26F2N4O2/c1-16(2)14-21-27-23(28-32-21)18-8-6-17(7-9-18)15-29-10-12-30(13-11-29)24(31)19-4-3-5-20(25)22(19)26/h3-9,16H,10-15H2,1-2H3. The van der Waals surface area contributed by atoms with Gasteiger partial charge in [0.25, 0.3) is 5.91 Å². The Bertz CT molecular complexity index is 1070. The van der Waals surface area contributed by atoms with Crippen LogP contribution in [-0.4, -0.2) is 52.0 Å². The largest absolute Gasteiger partial charge is 0.339 e. The molecule has 0 radical (unpaired) electrons. The van der Waals surface area contributed by atoms with Gasteiger partial charge in [-0.3, -0.25) is 9.69 Å². The minimum absolute atomic E-state index is 0.216. The second kappa shape index (κ2) is 9.56. The monoisotopic (exact) mass is 440 g/mol. The lowest BCUT2D eigenvalue weighted by molar-refractivity contribution is 0.0623. The summed E-state index contributed by atoms with van der Waals surface area (Å²) in [6.45, 7) is 7.20. The van der Waals surface area contributed by atoms with Crippen LogP contribution in [-0.2, 0) is 13.0 Å². The number of amides is 1. The Kier molecular flexibility index (Phi) is 6.60. The van der Waals surface area contributed by atoms with Crippen molar-refractivity contribution in [3.8, 4) is 11.4 Å². The molecule has 6 nitrogen and oxygen atoms in total. The zero-order valence-corrected chi connectivity index (χ0v) is 18.2. The van der Waals surface area contributed by atoms with Crippen LogP contribution in [0.2, 0.25) is 0 Å². The molecule has 0 saturated carbocycles. The van der Waals surface area contributed by atoms with Gasteiger partial charge in [-0.25, -0.2) is 8.78 Å². The predicted octanol–water partition coefficient (Wildman–Crippen LogP) is 4.17. The maximum atomic E-state index is 13.9. The number of aromatic nitrogens is 2. The van der Waals surface area contributed by atoms with Gasteiger partial charge in [0.05, 0.1) is 5.56 Å². The smallest absolute Gasteiger partial charge is 0.257 e. The molecule has 1 aliphatic rings. The minimum Gasteiger partial charge on any atom is -0.339 e. The summed E-state index contributed by atoms with van der Waals surface area (Å²) in [5, 5.41) is 4.06. The lowest BCUT2D eigenvalue weighted by Gasteiger charge is -2.34. The molecular weight excluding hydrogens is 414 g/mol. The molecule has 0 bridgehead atoms. The van der Waals surface area contributed by atoms with Gasteiger partial charge >= 0.3 is 0 Å². The van der Waals surface area contributed by atoms with Gasteiger partial charge in [0.2, 0.25) is 11.7 Å². The first-order chi connectivity index (χ1) is 15.4. The van der Waals surface area contributed by atoms with Crippen molar-refractivity contribution >= 4 is 5.91 Å². The molecule has 0 spiro atoms. The number of rotatable bonds is 6. The molecule has 32 heavy (non-hydrogen) atoms. The molecule has 0 aliphatic carbocycles. The first kappa shape index (κ1) is 22.1. The Morgan fingerprint density at radius 2 is 1.78 bits per heavy atom. The molecule has 0 N–H and O–H groups in total. The fourth-order valence-corrected chi connectivity index (χ4v) is 3.77. The quantitative estimate of drug-likeness (QED) is 0.576. The van der Waals surface area contributed by atoms with Crippen LogP contribution in [0.15, 0.2) is 47.0 Å². The minimum atomic E-state index is -1.09. The van der Waals surface area contributed by atoms with Crippen LogP contribution in [0.1, 0.15) is 35.7 Å². The van der Waals surface area contributed by atoms with E-state index >= 15 is 0 Å². The fraction of sp³-hybridized carbons (Fsp3) is 0.375. The second-order valence-electron chi connectivity index (χ2n) is 8.48. The second-order valence-corrected chi connectivity index (χ2v) is 8.48. The Balaban J connectivity index is 1.32. The van der Waals surface area contributed by atoms with Crippen LogP contribution < -0.4 is 0 Å². The third-order valence-electron chi connectivity index (χ3n) is 5.51. The Labute approximate surface area is 185 Å². The van der Waals surface area contributed by atoms with E-state index in [-0.39, 0.29) is 5.56 Å². The van der Waals surface area contributed by atoms with E-state index in [0.717, 1.165) is 30.2 Å². The number of piperazine rings is 1. The summed E-state index contributed by atoms with van der Waals surface area (Å²) < 4.78 is 32.7. The summed E-state index contributed by atoms with van der Waals surface area (Å²) in [4.78, 5) is 20.8. The summed E-state index contributed by atoms with van der Waals surface area (Å²) in [6.07, 6.45) is 0.755. The van der Waals surface area contributed by atoms with E-state index in [4.69, 9.17) is 4.52 Å². The number of carbonyl (C=O) groups excluding carboxylic acids is 1. The van der Waals surface area contributed by atoms with Crippen LogP contribution in [0.25, 0.3) is 11.4 Å². The third-order valence-corrected chi connectivity index (χ3v) is 5.51. The molecule has 1 fully saturated rings. The molecule has 8 heteroatoms. The van der Waals surface area contributed by atoms with E-state index in [1.807, 2.05) is 24.3 Å². The van der Waals surface area contributed by atoms with Crippen molar-refractivity contribution < 1.29 is 18.1 Å². The third kappa shape index (κ3) is 5.02. The highest BCUT2D eigenvalue weighted by molar-refractivity contribution is 5.94. The van der Waals surface area contributed by atoms with Crippen LogP contribution in [0.5, 0.6) is 0 Å². The molecule has 168 valence electrons. The van der Waals surface area contributed by atoms with Gasteiger partial charge in [-0.2, -0.15) is 4.98 Å². The van der Waals surface area contributed by atoms with Gasteiger partial charge in [-0.05, 0) is 23.6 Å². The van der Waals surface area contributed by atoms with Gasteiger partial charge in [0, 0.05) is 44.7 Å². The van der Waals surface area contributed by atoms with Gasteiger partial charge in [0.15, 0.2) is 11.6 Å². The van der Waals surface area contributed by atoms with E-state index < -0.39 is 17.5 Å². The van der Waals surface area contributed by atoms with E-state index in [1.54, 1.807) is 4.90 Å². The Morgan fingerprint density at radius 3 is 2.47 bits per heavy atom. The van der Waals surface area contributed by atoms with Crippen LogP contribution >= 0.6 is 0 Å². The number of benzene rings is 2. The Hall–Kier alpha value is -3.13. The van der Waals surface area contributed by atoms with E-state index in [9.17, 15) is 13.6 Å². The molecule has 1 amide bonds. The zero-order chi connectivity index (χ0) is 22.7. The average Bonchev–Trinajstić information content (AvgIpc) is 3.24. The molecule has 1 saturated heterocycles. The molecule has 1 aromatic heterocycles. The molecule has 1 aliphatic heterocycles. The molecule has 2 aromatic carbocycles. The van der Waals surface area contributed by atoms with E-state index in [2.05, 4.69) is 28.9 Å². The average molecular weight is 440 g/mol. The molecule has 2 heterocycles. The molecule has 0 atom stereocenters. The van der Waals surface area contributed by atoms with E-state index in [0.29, 0.717) is 43.8 Å². The van der Waals surface area contributed by atoms with Gasteiger partial charge in [-0.15, -0.1) is 0 Å². The number of halogens is 2. The van der Waals surface area contributed by atoms with Gasteiger partial charge in [-0.1, -0.05) is 49.3 Å². The topological polar surface area (TPSA) is 62.5 Å². The molecular formula is C24H26F2N4O2. The van der Waals surface area contributed by atoms with Crippen molar-refractivity contribution in [2.24, 2.45) is 5.92 Å². The highest BCUT2D eigenvalue weighted by atomic mass is 19.2. The first-order valence-electron chi connectivity index (χ1n) is 10.8. The van der Waals surface area contributed by atoms with Gasteiger partial charge in [0.1, 0.15) is 0 Å². The maximum Gasteiger partial charge on any atom is 0.257 e. The maximum absolute atomic E-state index is 13.9. The van der Waals surface area contributed by atoms with Crippen molar-refractivity contribution in [3.63, 3.8) is 0 Å². The van der Waals surface area contributed by atoms with Crippen LogP contribution in [0, 0.1) is 17.6 Å². The Morgan fingerprint density at radius 1 is 1.06 bits per heavy atom. The van der Waals surface area contributed by atoms with E-state index in [1.165, 1.54) is 12.1 Å². The van der Waals surface area contributed by atoms with Crippen molar-refractivity contribution in [1.29, 1.82) is 0 Å². The van der Waals surface area contributed by atoms with Crippen LogP contribution in [0.4, 0.5) is 8.78 Å². The first-order valence-corrected chi connectivity index (χ1v) is 10.8. The summed E-state index contributed by atoms with van der Waals surface area (Å²) in [7, 11) is 0. The normalized spacial score (nSPS) is 14.8. The predicted molar refractivity (Wildman–Crippen MR) is 116 cm³/mol. The number of carbonyl (C=O) groups is 1. The van der Waals surface area contributed by atoms with Crippen molar-refractivity contribution in [3.05, 3.63) is 71.1 Å². The molecule has 3 aromatic rings. The number of hydrogen-bond acceptors (Lipinski definition) is 5. The van der Waals surface area contributed by atoms with Crippen molar-refractivity contribution in [2.75, 3.05) is 26.2 Å². The summed E-state index contributed by atoms with van der Waals surface area (Å²) in [6, 6.07) is 11.7. The highest BCUT2D eigenvalue weighted by Gasteiger charge is 2.25. The van der Waals surface area contributed by atoms with Gasteiger partial charge < -0.3 is 9.42 Å². The lowest BCUT2D eigenvalue weighted by atomic mass is 10.1. The summed E-state index contributed by atoms with van der Waals surface area (Å²) >= 11 is 0. The lowest BCUT2D eigenvalue weighted by Crippen LogP contribution is -2.48. The summed E-state index contributed by atoms with van der Waals surface area (Å²) in [5.41, 5.74) is 1.82. The van der Waals surface area contributed by atoms with Crippen molar-refractivity contribution in [2.45, 2.75) is 26.8 Å². The number of hydrogen-bond donors (Lipinski definition) is 0. The number of nitrogens with zero attached hydrogens (tertiary/aromatic N) is 4. The molecule has 4 rings (SSSR count).